The lowest BCUT2D eigenvalue weighted by Crippen LogP contribution is -2.67. The van der Waals surface area contributed by atoms with Crippen LogP contribution in [0.4, 0.5) is 0 Å². The second-order valence-corrected chi connectivity index (χ2v) is 26.9. The first-order valence-corrected chi connectivity index (χ1v) is 35.1. The summed E-state index contributed by atoms with van der Waals surface area (Å²) in [5.41, 5.74) is 41.1. The Morgan fingerprint density at radius 3 is 1.77 bits per heavy atom. The van der Waals surface area contributed by atoms with Crippen LogP contribution in [0, 0.1) is 5.92 Å². The number of fused-ring (bicyclic) bond motifs is 1. The van der Waals surface area contributed by atoms with Crippen molar-refractivity contribution < 1.29 is 62.3 Å². The van der Waals surface area contributed by atoms with E-state index in [0.717, 1.165) is 0 Å². The Morgan fingerprint density at radius 2 is 1.18 bits per heavy atom. The van der Waals surface area contributed by atoms with Crippen LogP contribution in [0.3, 0.4) is 0 Å². The Balaban J connectivity index is 1.23. The molecule has 4 aliphatic heterocycles. The lowest BCUT2D eigenvalue weighted by molar-refractivity contribution is -0.158. The molecule has 20 N–H and O–H groups in total. The molecule has 12 atom stereocenters. The molecule has 0 aliphatic carbocycles. The van der Waals surface area contributed by atoms with Gasteiger partial charge in [0.1, 0.15) is 54.4 Å². The number of thioether (sulfide) groups is 1. The van der Waals surface area contributed by atoms with Gasteiger partial charge in [-0.25, -0.2) is 0 Å². The molecule has 32 heteroatoms. The lowest BCUT2D eigenvalue weighted by Gasteiger charge is -2.45. The minimum atomic E-state index is -1.59. The van der Waals surface area contributed by atoms with E-state index in [9.17, 15) is 52.7 Å². The minimum Gasteiger partial charge on any atom is -0.370 e. The number of benzene rings is 2. The number of primary amides is 3. The fourth-order valence-electron chi connectivity index (χ4n) is 13.2. The van der Waals surface area contributed by atoms with Crippen molar-refractivity contribution in [3.63, 3.8) is 0 Å². The Kier molecular flexibility index (Phi) is 30.5. The summed E-state index contributed by atoms with van der Waals surface area (Å²) < 4.78 is 0. The summed E-state index contributed by atoms with van der Waals surface area (Å²) >= 11 is 1.46. The fourth-order valence-corrected chi connectivity index (χ4v) is 13.7. The standard InChI is InChI=1S/C66H100N18O13S/c1-38(2)33-48(58(90)77-44(56(71)88)27-32-98-3)76-54(87)36-75-61(93)55-42(40-17-8-5-9-18-40)35-41-37-83(51(65(97)84(41)55)34-39-15-6-4-7-16-39)64(96)47(24-26-53(70)86)79-57(89)45(23-25-52(69)85)78-59(91)50-22-14-31-82(50)63(95)46(20-10-11-28-67)80-60(92)49-21-13-30-81(49)62(94)43(68)19-12-29-74-66(72)73/h4-9,15-18,38,41-51,55H,10-14,19-37,67-68H2,1-3H3,(H2,69,85)(H2,70,86)(H2,71,88)(H,75,93)(H,76,87)(H,77,90)(H,78,91)(H,79,89)(H,80,92)(H4,72,73,74)/t41-,42+,43-,44-,45-,46-,47-,48-,49-,50-,51-,55-/m0/s1. The zero-order valence-corrected chi connectivity index (χ0v) is 57.1. The SMILES string of the molecule is CSCC[C@H](NC(=O)[C@H](CC(C)C)NC(=O)CNC(=O)[C@@H]1[C@@H](c2ccccc2)C[C@H]2CN(C(=O)[C@H](CCC(N)=O)NC(=O)[C@H](CCC(N)=O)NC(=O)[C@@H]3CCCN3C(=O)[C@H](CCCCN)NC(=O)[C@@H]3CCCN3C(=O)[C@@H](N)CCCN=C(N)N)[C@@H](Cc3ccccc3)C(=O)N21)C(N)=O. The molecule has 98 heavy (non-hydrogen) atoms. The predicted molar refractivity (Wildman–Crippen MR) is 365 cm³/mol. The van der Waals surface area contributed by atoms with Crippen molar-refractivity contribution in [2.24, 2.45) is 51.0 Å². The number of nitrogens with zero attached hydrogens (tertiary/aromatic N) is 5. The van der Waals surface area contributed by atoms with Gasteiger partial charge >= 0.3 is 0 Å². The van der Waals surface area contributed by atoms with E-state index >= 15 is 9.59 Å². The molecule has 0 radical (unpaired) electrons. The van der Waals surface area contributed by atoms with E-state index in [-0.39, 0.29) is 102 Å². The summed E-state index contributed by atoms with van der Waals surface area (Å²) in [7, 11) is 0. The molecule has 4 saturated heterocycles. The predicted octanol–water partition coefficient (Wildman–Crippen LogP) is -2.96. The van der Waals surface area contributed by atoms with E-state index in [1.165, 1.54) is 31.4 Å². The Labute approximate surface area is 575 Å². The van der Waals surface area contributed by atoms with Gasteiger partial charge in [0, 0.05) is 51.4 Å². The molecule has 0 spiro atoms. The van der Waals surface area contributed by atoms with E-state index in [1.54, 1.807) is 60.7 Å². The van der Waals surface area contributed by atoms with Crippen LogP contribution in [0.15, 0.2) is 65.7 Å². The number of unbranched alkanes of at least 4 members (excludes halogenated alkanes) is 1. The second-order valence-electron chi connectivity index (χ2n) is 25.9. The van der Waals surface area contributed by atoms with Gasteiger partial charge in [0.05, 0.1) is 18.6 Å². The van der Waals surface area contributed by atoms with Gasteiger partial charge in [-0.2, -0.15) is 11.8 Å². The van der Waals surface area contributed by atoms with Gasteiger partial charge in [-0.15, -0.1) is 0 Å². The molecule has 0 saturated carbocycles. The van der Waals surface area contributed by atoms with Crippen LogP contribution >= 0.6 is 11.8 Å². The van der Waals surface area contributed by atoms with Gasteiger partial charge in [0.15, 0.2) is 5.96 Å². The third-order valence-corrected chi connectivity index (χ3v) is 18.8. The normalized spacial score (nSPS) is 20.7. The number of piperazine rings is 1. The minimum absolute atomic E-state index is 0.0811. The number of hydrogen-bond acceptors (Lipinski definition) is 17. The van der Waals surface area contributed by atoms with Gasteiger partial charge in [-0.1, -0.05) is 74.5 Å². The van der Waals surface area contributed by atoms with E-state index in [1.807, 2.05) is 20.1 Å². The average molecular weight is 1390 g/mol. The first-order chi connectivity index (χ1) is 46.7. The highest BCUT2D eigenvalue weighted by Gasteiger charge is 2.55. The van der Waals surface area contributed by atoms with Crippen molar-refractivity contribution in [1.29, 1.82) is 0 Å². The van der Waals surface area contributed by atoms with Crippen molar-refractivity contribution in [1.82, 2.24) is 51.5 Å². The number of rotatable bonds is 38. The van der Waals surface area contributed by atoms with Gasteiger partial charge in [-0.3, -0.25) is 67.3 Å². The lowest BCUT2D eigenvalue weighted by atomic mass is 9.90. The summed E-state index contributed by atoms with van der Waals surface area (Å²) in [4.78, 5) is 192. The van der Waals surface area contributed by atoms with Crippen LogP contribution in [-0.4, -0.2) is 220 Å². The first kappa shape index (κ1) is 78.1. The molecule has 4 heterocycles. The quantitative estimate of drug-likeness (QED) is 0.0181. The monoisotopic (exact) mass is 1380 g/mol. The molecule has 0 bridgehead atoms. The zero-order valence-electron chi connectivity index (χ0n) is 56.2. The summed E-state index contributed by atoms with van der Waals surface area (Å²) in [6, 6.07) is 4.71. The average Bonchev–Trinajstić information content (AvgIpc) is 1.54. The fraction of sp³-hybridized carbons (Fsp3) is 0.606. The van der Waals surface area contributed by atoms with E-state index in [4.69, 9.17) is 40.1 Å². The topological polar surface area (TPSA) is 502 Å². The molecule has 6 rings (SSSR count). The van der Waals surface area contributed by atoms with Crippen LogP contribution in [0.5, 0.6) is 0 Å². The summed E-state index contributed by atoms with van der Waals surface area (Å²) in [5, 5.41) is 16.2. The van der Waals surface area contributed by atoms with Gasteiger partial charge in [0.25, 0.3) is 0 Å². The van der Waals surface area contributed by atoms with Gasteiger partial charge in [-0.05, 0) is 125 Å². The molecule has 13 amide bonds. The highest BCUT2D eigenvalue weighted by molar-refractivity contribution is 7.98. The Bertz CT molecular complexity index is 3160. The summed E-state index contributed by atoms with van der Waals surface area (Å²) in [6.45, 7) is 3.77. The molecule has 2 aromatic rings. The van der Waals surface area contributed by atoms with Gasteiger partial charge in [0.2, 0.25) is 76.8 Å². The van der Waals surface area contributed by atoms with Crippen LogP contribution in [0.1, 0.15) is 134 Å². The molecule has 0 aromatic heterocycles. The largest absolute Gasteiger partial charge is 0.370 e. The highest BCUT2D eigenvalue weighted by Crippen LogP contribution is 2.42. The van der Waals surface area contributed by atoms with Crippen LogP contribution < -0.4 is 72.0 Å². The molecule has 0 unspecified atom stereocenters. The van der Waals surface area contributed by atoms with E-state index in [2.05, 4.69) is 36.9 Å². The van der Waals surface area contributed by atoms with Crippen molar-refractivity contribution in [3.8, 4) is 0 Å². The second kappa shape index (κ2) is 38.3. The Hall–Kier alpha value is -8.91. The number of aliphatic imine (C=N–C) groups is 1. The molecule has 2 aromatic carbocycles. The molecule has 538 valence electrons. The molecular formula is C66H100N18O13S. The number of guanidine groups is 1. The number of carbonyl (C=O) groups excluding carboxylic acids is 13. The summed E-state index contributed by atoms with van der Waals surface area (Å²) in [6.07, 6.45) is 3.65. The molecule has 31 nitrogen and oxygen atoms in total. The van der Waals surface area contributed by atoms with E-state index in [0.29, 0.717) is 55.4 Å². The van der Waals surface area contributed by atoms with Crippen molar-refractivity contribution >= 4 is 94.5 Å². The maximum Gasteiger partial charge on any atom is 0.246 e. The van der Waals surface area contributed by atoms with Crippen LogP contribution in [0.2, 0.25) is 0 Å². The number of nitrogens with two attached hydrogens (primary N) is 7. The smallest absolute Gasteiger partial charge is 0.246 e. The third-order valence-electron chi connectivity index (χ3n) is 18.2. The maximum atomic E-state index is 15.6. The summed E-state index contributed by atoms with van der Waals surface area (Å²) in [5.74, 6) is -9.71. The van der Waals surface area contributed by atoms with E-state index < -0.39 is 169 Å². The number of nitrogens with one attached hydrogen (secondary N) is 6. The maximum absolute atomic E-state index is 15.6. The number of carbonyl (C=O) groups is 13. The number of likely N-dealkylation sites (tertiary alicyclic amines) is 2. The number of hydrogen-bond donors (Lipinski definition) is 13. The zero-order chi connectivity index (χ0) is 71.8. The Morgan fingerprint density at radius 1 is 0.622 bits per heavy atom. The van der Waals surface area contributed by atoms with Crippen LogP contribution in [-0.2, 0) is 68.7 Å². The van der Waals surface area contributed by atoms with Crippen molar-refractivity contribution in [2.45, 2.75) is 195 Å². The number of amides is 13. The van der Waals surface area contributed by atoms with Gasteiger partial charge < -0.3 is 91.6 Å². The molecule has 4 fully saturated rings. The van der Waals surface area contributed by atoms with Crippen molar-refractivity contribution in [3.05, 3.63) is 71.8 Å². The van der Waals surface area contributed by atoms with Crippen molar-refractivity contribution in [2.75, 3.05) is 51.3 Å². The van der Waals surface area contributed by atoms with Crippen LogP contribution in [0.25, 0.3) is 0 Å². The highest BCUT2D eigenvalue weighted by atomic mass is 32.2. The molecular weight excluding hydrogens is 1280 g/mol. The molecule has 4 aliphatic rings. The first-order valence-electron chi connectivity index (χ1n) is 33.7. The third kappa shape index (κ3) is 22.3.